The third kappa shape index (κ3) is 4.89. The van der Waals surface area contributed by atoms with Crippen LogP contribution in [0.1, 0.15) is 34.3 Å². The quantitative estimate of drug-likeness (QED) is 0.745. The van der Waals surface area contributed by atoms with E-state index in [4.69, 9.17) is 10.1 Å². The van der Waals surface area contributed by atoms with Crippen LogP contribution in [0.25, 0.3) is 0 Å². The number of carbonyl (C=O) groups is 1. The van der Waals surface area contributed by atoms with Gasteiger partial charge < -0.3 is 20.6 Å². The molecule has 0 aromatic heterocycles. The smallest absolute Gasteiger partial charge is 0.251 e. The van der Waals surface area contributed by atoms with Gasteiger partial charge in [0, 0.05) is 36.8 Å². The lowest BCUT2D eigenvalue weighted by Gasteiger charge is -2.31. The Hall–Kier alpha value is -2.86. The van der Waals surface area contributed by atoms with E-state index in [9.17, 15) is 4.79 Å². The Morgan fingerprint density at radius 1 is 1.29 bits per heavy atom. The van der Waals surface area contributed by atoms with Crippen LogP contribution in [-0.2, 0) is 0 Å². The van der Waals surface area contributed by atoms with Gasteiger partial charge in [-0.1, -0.05) is 35.9 Å². The van der Waals surface area contributed by atoms with E-state index < -0.39 is 0 Å². The van der Waals surface area contributed by atoms with Crippen LogP contribution in [-0.4, -0.2) is 54.7 Å². The van der Waals surface area contributed by atoms with E-state index in [0.717, 1.165) is 24.7 Å². The highest BCUT2D eigenvalue weighted by Gasteiger charge is 2.21. The number of rotatable bonds is 5. The molecule has 0 spiro atoms. The van der Waals surface area contributed by atoms with Crippen molar-refractivity contribution in [3.8, 4) is 0 Å². The third-order valence-electron chi connectivity index (χ3n) is 4.90. The second kappa shape index (κ2) is 8.89. The van der Waals surface area contributed by atoms with Crippen LogP contribution in [0.2, 0.25) is 0 Å². The van der Waals surface area contributed by atoms with Gasteiger partial charge in [-0.3, -0.25) is 9.79 Å². The van der Waals surface area contributed by atoms with Gasteiger partial charge in [0.05, 0.1) is 13.2 Å². The molecule has 1 aliphatic heterocycles. The number of amides is 1. The van der Waals surface area contributed by atoms with Crippen LogP contribution in [0.15, 0.2) is 53.5 Å². The SMILES string of the molecule is Cc1ccc(C2CN=C(Nc3cccc(C(=O)N[C@@H](C)CO)c3)N(C)C2)cc1. The van der Waals surface area contributed by atoms with Crippen molar-refractivity contribution in [2.75, 3.05) is 32.1 Å². The fourth-order valence-corrected chi connectivity index (χ4v) is 3.20. The van der Waals surface area contributed by atoms with E-state index in [1.54, 1.807) is 19.1 Å². The number of anilines is 1. The van der Waals surface area contributed by atoms with Crippen LogP contribution >= 0.6 is 0 Å². The molecule has 0 fully saturated rings. The molecule has 1 amide bonds. The standard InChI is InChI=1S/C22H28N4O2/c1-15-7-9-17(10-8-15)19-12-23-22(26(3)13-19)25-20-6-4-5-18(11-20)21(28)24-16(2)14-27/h4-11,16,19,27H,12-14H2,1-3H3,(H,23,25)(H,24,28)/t16-,19?/m0/s1. The van der Waals surface area contributed by atoms with Crippen molar-refractivity contribution in [1.82, 2.24) is 10.2 Å². The maximum atomic E-state index is 12.3. The average Bonchev–Trinajstić information content (AvgIpc) is 2.70. The summed E-state index contributed by atoms with van der Waals surface area (Å²) in [6.45, 7) is 5.37. The fraction of sp³-hybridized carbons (Fsp3) is 0.364. The highest BCUT2D eigenvalue weighted by atomic mass is 16.3. The summed E-state index contributed by atoms with van der Waals surface area (Å²) in [5.74, 6) is 0.960. The number of carbonyl (C=O) groups excluding carboxylic acids is 1. The molecule has 0 bridgehead atoms. The molecule has 28 heavy (non-hydrogen) atoms. The fourth-order valence-electron chi connectivity index (χ4n) is 3.20. The molecule has 6 heteroatoms. The van der Waals surface area contributed by atoms with Crippen molar-refractivity contribution in [2.45, 2.75) is 25.8 Å². The van der Waals surface area contributed by atoms with Gasteiger partial charge in [0.25, 0.3) is 5.91 Å². The van der Waals surface area contributed by atoms with Crippen LogP contribution in [0.3, 0.4) is 0 Å². The zero-order valence-electron chi connectivity index (χ0n) is 16.6. The van der Waals surface area contributed by atoms with Crippen molar-refractivity contribution in [3.05, 3.63) is 65.2 Å². The van der Waals surface area contributed by atoms with E-state index in [1.807, 2.05) is 19.2 Å². The summed E-state index contributed by atoms with van der Waals surface area (Å²) in [7, 11) is 2.02. The summed E-state index contributed by atoms with van der Waals surface area (Å²) in [4.78, 5) is 19.1. The molecule has 3 N–H and O–H groups in total. The highest BCUT2D eigenvalue weighted by molar-refractivity contribution is 5.98. The van der Waals surface area contributed by atoms with Crippen molar-refractivity contribution in [1.29, 1.82) is 0 Å². The predicted molar refractivity (Wildman–Crippen MR) is 113 cm³/mol. The average molecular weight is 380 g/mol. The van der Waals surface area contributed by atoms with E-state index >= 15 is 0 Å². The topological polar surface area (TPSA) is 77.0 Å². The number of nitrogens with one attached hydrogen (secondary N) is 2. The molecular weight excluding hydrogens is 352 g/mol. The molecule has 1 heterocycles. The normalized spacial score (nSPS) is 17.6. The highest BCUT2D eigenvalue weighted by Crippen LogP contribution is 2.22. The number of aliphatic hydroxyl groups is 1. The maximum Gasteiger partial charge on any atom is 0.251 e. The minimum atomic E-state index is -0.281. The zero-order valence-corrected chi connectivity index (χ0v) is 16.6. The summed E-state index contributed by atoms with van der Waals surface area (Å²) in [5, 5.41) is 15.2. The van der Waals surface area contributed by atoms with Gasteiger partial charge in [0.1, 0.15) is 0 Å². The van der Waals surface area contributed by atoms with Gasteiger partial charge >= 0.3 is 0 Å². The molecule has 6 nitrogen and oxygen atoms in total. The molecule has 0 saturated heterocycles. The Morgan fingerprint density at radius 2 is 2.04 bits per heavy atom. The second-order valence-electron chi connectivity index (χ2n) is 7.42. The zero-order chi connectivity index (χ0) is 20.1. The number of hydrogen-bond acceptors (Lipinski definition) is 5. The van der Waals surface area contributed by atoms with Crippen LogP contribution in [0.4, 0.5) is 5.69 Å². The van der Waals surface area contributed by atoms with Gasteiger partial charge in [-0.25, -0.2) is 0 Å². The number of benzene rings is 2. The Labute approximate surface area is 166 Å². The van der Waals surface area contributed by atoms with Crippen LogP contribution in [0.5, 0.6) is 0 Å². The van der Waals surface area contributed by atoms with Crippen LogP contribution < -0.4 is 10.6 Å². The first-order chi connectivity index (χ1) is 13.5. The Morgan fingerprint density at radius 3 is 2.71 bits per heavy atom. The number of aryl methyl sites for hydroxylation is 1. The molecule has 2 atom stereocenters. The molecule has 1 aliphatic rings. The minimum absolute atomic E-state index is 0.0899. The summed E-state index contributed by atoms with van der Waals surface area (Å²) < 4.78 is 0. The molecule has 3 rings (SSSR count). The number of nitrogens with zero attached hydrogens (tertiary/aromatic N) is 2. The molecular formula is C22H28N4O2. The molecule has 0 radical (unpaired) electrons. The Balaban J connectivity index is 1.67. The number of aliphatic imine (C=N–C) groups is 1. The summed E-state index contributed by atoms with van der Waals surface area (Å²) in [5.41, 5.74) is 3.92. The monoisotopic (exact) mass is 380 g/mol. The van der Waals surface area contributed by atoms with Crippen molar-refractivity contribution in [3.63, 3.8) is 0 Å². The predicted octanol–water partition coefficient (Wildman–Crippen LogP) is 2.60. The number of likely N-dealkylation sites (N-methyl/N-ethyl adjacent to an activating group) is 1. The first-order valence-electron chi connectivity index (χ1n) is 9.57. The van der Waals surface area contributed by atoms with E-state index in [-0.39, 0.29) is 18.6 Å². The number of aliphatic hydroxyl groups excluding tert-OH is 1. The summed E-state index contributed by atoms with van der Waals surface area (Å²) >= 11 is 0. The largest absolute Gasteiger partial charge is 0.394 e. The van der Waals surface area contributed by atoms with Gasteiger partial charge in [-0.05, 0) is 37.6 Å². The summed E-state index contributed by atoms with van der Waals surface area (Å²) in [6, 6.07) is 15.6. The van der Waals surface area contributed by atoms with Gasteiger partial charge in [0.2, 0.25) is 0 Å². The van der Waals surface area contributed by atoms with Crippen molar-refractivity contribution < 1.29 is 9.90 Å². The summed E-state index contributed by atoms with van der Waals surface area (Å²) in [6.07, 6.45) is 0. The third-order valence-corrected chi connectivity index (χ3v) is 4.90. The Bertz CT molecular complexity index is 848. The molecule has 0 saturated carbocycles. The first-order valence-corrected chi connectivity index (χ1v) is 9.57. The first kappa shape index (κ1) is 19.9. The van der Waals surface area contributed by atoms with E-state index in [2.05, 4.69) is 46.7 Å². The molecule has 2 aromatic rings. The lowest BCUT2D eigenvalue weighted by atomic mass is 9.97. The molecule has 1 unspecified atom stereocenters. The lowest BCUT2D eigenvalue weighted by molar-refractivity contribution is 0.0922. The second-order valence-corrected chi connectivity index (χ2v) is 7.42. The van der Waals surface area contributed by atoms with Crippen molar-refractivity contribution >= 4 is 17.6 Å². The number of hydrogen-bond donors (Lipinski definition) is 3. The van der Waals surface area contributed by atoms with Gasteiger partial charge in [-0.2, -0.15) is 0 Å². The van der Waals surface area contributed by atoms with Crippen LogP contribution in [0, 0.1) is 6.92 Å². The molecule has 0 aliphatic carbocycles. The van der Waals surface area contributed by atoms with E-state index in [1.165, 1.54) is 11.1 Å². The number of guanidine groups is 1. The molecule has 2 aromatic carbocycles. The van der Waals surface area contributed by atoms with Gasteiger partial charge in [0.15, 0.2) is 5.96 Å². The Kier molecular flexibility index (Phi) is 6.31. The van der Waals surface area contributed by atoms with Crippen molar-refractivity contribution in [2.24, 2.45) is 4.99 Å². The lowest BCUT2D eigenvalue weighted by Crippen LogP contribution is -2.40. The molecule has 148 valence electrons. The van der Waals surface area contributed by atoms with Gasteiger partial charge in [-0.15, -0.1) is 0 Å². The minimum Gasteiger partial charge on any atom is -0.394 e. The maximum absolute atomic E-state index is 12.3. The van der Waals surface area contributed by atoms with E-state index in [0.29, 0.717) is 11.5 Å².